The fourth-order valence-corrected chi connectivity index (χ4v) is 2.54. The van der Waals surface area contributed by atoms with E-state index >= 15 is 0 Å². The molecular weight excluding hydrogens is 318 g/mol. The lowest BCUT2D eigenvalue weighted by Crippen LogP contribution is -2.40. The first-order valence-corrected chi connectivity index (χ1v) is 9.44. The van der Waals surface area contributed by atoms with E-state index in [1.807, 2.05) is 12.1 Å². The Hall–Kier alpha value is -1.53. The van der Waals surface area contributed by atoms with Gasteiger partial charge in [-0.15, -0.1) is 0 Å². The summed E-state index contributed by atoms with van der Waals surface area (Å²) in [6.45, 7) is 9.95. The molecule has 6 nitrogen and oxygen atoms in total. The van der Waals surface area contributed by atoms with Crippen molar-refractivity contribution in [3.63, 3.8) is 0 Å². The molecule has 1 aliphatic heterocycles. The molecule has 1 aliphatic rings. The van der Waals surface area contributed by atoms with E-state index in [0.29, 0.717) is 18.4 Å². The van der Waals surface area contributed by atoms with Crippen LogP contribution >= 0.6 is 0 Å². The largest absolute Gasteiger partial charge is 0.469 e. The molecule has 0 radical (unpaired) electrons. The van der Waals surface area contributed by atoms with Gasteiger partial charge >= 0.3 is 0 Å². The van der Waals surface area contributed by atoms with Gasteiger partial charge in [-0.2, -0.15) is 0 Å². The van der Waals surface area contributed by atoms with Crippen LogP contribution < -0.4 is 10.6 Å². The first-order chi connectivity index (χ1) is 12.2. The zero-order chi connectivity index (χ0) is 17.7. The van der Waals surface area contributed by atoms with Crippen LogP contribution in [-0.2, 0) is 15.9 Å². The van der Waals surface area contributed by atoms with Crippen molar-refractivity contribution in [2.75, 3.05) is 46.1 Å². The molecule has 1 aromatic heterocycles. The Bertz CT molecular complexity index is 468. The Morgan fingerprint density at radius 2 is 2.20 bits per heavy atom. The van der Waals surface area contributed by atoms with Crippen LogP contribution in [0.3, 0.4) is 0 Å². The molecule has 0 spiro atoms. The third-order valence-corrected chi connectivity index (χ3v) is 4.15. The zero-order valence-corrected chi connectivity index (χ0v) is 15.6. The van der Waals surface area contributed by atoms with Gasteiger partial charge in [-0.3, -0.25) is 4.99 Å². The SMILES string of the molecule is CC(C)CCOCCNC(=NCC1CCOC1)NCCc1ccco1. The molecule has 1 aromatic rings. The van der Waals surface area contributed by atoms with E-state index in [1.165, 1.54) is 0 Å². The van der Waals surface area contributed by atoms with Gasteiger partial charge in [0.15, 0.2) is 5.96 Å². The summed E-state index contributed by atoms with van der Waals surface area (Å²) in [4.78, 5) is 4.70. The minimum atomic E-state index is 0.533. The molecule has 2 rings (SSSR count). The third kappa shape index (κ3) is 8.93. The standard InChI is InChI=1S/C19H33N3O3/c1-16(2)6-11-23-13-9-21-19(22-14-17-7-12-24-15-17)20-8-5-18-4-3-10-25-18/h3-4,10,16-17H,5-9,11-15H2,1-2H3,(H2,20,21,22). The van der Waals surface area contributed by atoms with Crippen molar-refractivity contribution in [2.24, 2.45) is 16.8 Å². The van der Waals surface area contributed by atoms with Crippen molar-refractivity contribution in [3.05, 3.63) is 24.2 Å². The summed E-state index contributed by atoms with van der Waals surface area (Å²) in [6, 6.07) is 3.90. The fourth-order valence-electron chi connectivity index (χ4n) is 2.54. The zero-order valence-electron chi connectivity index (χ0n) is 15.6. The maximum atomic E-state index is 5.66. The number of nitrogens with zero attached hydrogens (tertiary/aromatic N) is 1. The molecule has 25 heavy (non-hydrogen) atoms. The van der Waals surface area contributed by atoms with Gasteiger partial charge in [-0.05, 0) is 30.9 Å². The molecule has 1 saturated heterocycles. The second-order valence-corrected chi connectivity index (χ2v) is 6.90. The van der Waals surface area contributed by atoms with Crippen LogP contribution in [0.2, 0.25) is 0 Å². The summed E-state index contributed by atoms with van der Waals surface area (Å²) < 4.78 is 16.4. The molecule has 0 aliphatic carbocycles. The summed E-state index contributed by atoms with van der Waals surface area (Å²) >= 11 is 0. The van der Waals surface area contributed by atoms with Gasteiger partial charge in [-0.25, -0.2) is 0 Å². The molecule has 0 bridgehead atoms. The van der Waals surface area contributed by atoms with Crippen LogP contribution in [0.1, 0.15) is 32.4 Å². The molecule has 6 heteroatoms. The van der Waals surface area contributed by atoms with Crippen molar-refractivity contribution in [3.8, 4) is 0 Å². The van der Waals surface area contributed by atoms with Gasteiger partial charge in [0.05, 0.1) is 19.5 Å². The minimum absolute atomic E-state index is 0.533. The Morgan fingerprint density at radius 3 is 2.92 bits per heavy atom. The second kappa shape index (κ2) is 11.9. The molecule has 0 amide bonds. The second-order valence-electron chi connectivity index (χ2n) is 6.90. The molecular formula is C19H33N3O3. The molecule has 142 valence electrons. The first-order valence-electron chi connectivity index (χ1n) is 9.44. The lowest BCUT2D eigenvalue weighted by Gasteiger charge is -2.14. The number of aliphatic imine (C=N–C) groups is 1. The average Bonchev–Trinajstić information content (AvgIpc) is 3.28. The van der Waals surface area contributed by atoms with Gasteiger partial charge in [0, 0.05) is 45.2 Å². The van der Waals surface area contributed by atoms with Crippen LogP contribution in [0.15, 0.2) is 27.8 Å². The number of guanidine groups is 1. The van der Waals surface area contributed by atoms with Gasteiger partial charge in [0.2, 0.25) is 0 Å². The quantitative estimate of drug-likeness (QED) is 0.364. The summed E-state index contributed by atoms with van der Waals surface area (Å²) in [7, 11) is 0. The molecule has 1 atom stereocenters. The minimum Gasteiger partial charge on any atom is -0.469 e. The van der Waals surface area contributed by atoms with Crippen molar-refractivity contribution < 1.29 is 13.9 Å². The van der Waals surface area contributed by atoms with Crippen molar-refractivity contribution in [1.82, 2.24) is 10.6 Å². The van der Waals surface area contributed by atoms with E-state index < -0.39 is 0 Å². The van der Waals surface area contributed by atoms with Gasteiger partial charge in [-0.1, -0.05) is 13.8 Å². The summed E-state index contributed by atoms with van der Waals surface area (Å²) in [5.41, 5.74) is 0. The lowest BCUT2D eigenvalue weighted by atomic mass is 10.1. The molecule has 1 fully saturated rings. The van der Waals surface area contributed by atoms with Crippen molar-refractivity contribution >= 4 is 5.96 Å². The van der Waals surface area contributed by atoms with E-state index in [9.17, 15) is 0 Å². The molecule has 1 unspecified atom stereocenters. The molecule has 2 heterocycles. The molecule has 2 N–H and O–H groups in total. The van der Waals surface area contributed by atoms with Crippen LogP contribution in [0.25, 0.3) is 0 Å². The van der Waals surface area contributed by atoms with E-state index in [0.717, 1.165) is 70.4 Å². The summed E-state index contributed by atoms with van der Waals surface area (Å²) in [5.74, 6) is 3.03. The average molecular weight is 351 g/mol. The highest BCUT2D eigenvalue weighted by atomic mass is 16.5. The van der Waals surface area contributed by atoms with Crippen LogP contribution in [0, 0.1) is 11.8 Å². The number of rotatable bonds is 11. The van der Waals surface area contributed by atoms with E-state index in [-0.39, 0.29) is 0 Å². The maximum absolute atomic E-state index is 5.66. The number of furan rings is 1. The third-order valence-electron chi connectivity index (χ3n) is 4.15. The van der Waals surface area contributed by atoms with Gasteiger partial charge in [0.25, 0.3) is 0 Å². The van der Waals surface area contributed by atoms with Crippen LogP contribution in [-0.4, -0.2) is 52.0 Å². The predicted octanol–water partition coefficient (Wildman–Crippen LogP) is 2.46. The number of ether oxygens (including phenoxy) is 2. The summed E-state index contributed by atoms with van der Waals surface area (Å²) in [6.07, 6.45) is 4.74. The highest BCUT2D eigenvalue weighted by Crippen LogP contribution is 2.12. The Balaban J connectivity index is 1.67. The topological polar surface area (TPSA) is 68.0 Å². The highest BCUT2D eigenvalue weighted by molar-refractivity contribution is 5.79. The molecule has 0 aromatic carbocycles. The monoisotopic (exact) mass is 351 g/mol. The maximum Gasteiger partial charge on any atom is 0.191 e. The Morgan fingerprint density at radius 1 is 1.32 bits per heavy atom. The van der Waals surface area contributed by atoms with Crippen LogP contribution in [0.4, 0.5) is 0 Å². The van der Waals surface area contributed by atoms with Crippen molar-refractivity contribution in [1.29, 1.82) is 0 Å². The van der Waals surface area contributed by atoms with Crippen LogP contribution in [0.5, 0.6) is 0 Å². The van der Waals surface area contributed by atoms with E-state index in [4.69, 9.17) is 18.9 Å². The Kier molecular flexibility index (Phi) is 9.44. The molecule has 0 saturated carbocycles. The number of hydrogen-bond donors (Lipinski definition) is 2. The van der Waals surface area contributed by atoms with E-state index in [2.05, 4.69) is 24.5 Å². The number of hydrogen-bond acceptors (Lipinski definition) is 4. The smallest absolute Gasteiger partial charge is 0.191 e. The summed E-state index contributed by atoms with van der Waals surface area (Å²) in [5, 5.41) is 6.73. The lowest BCUT2D eigenvalue weighted by molar-refractivity contribution is 0.128. The first kappa shape index (κ1) is 19.8. The van der Waals surface area contributed by atoms with E-state index in [1.54, 1.807) is 6.26 Å². The predicted molar refractivity (Wildman–Crippen MR) is 99.9 cm³/mol. The fraction of sp³-hybridized carbons (Fsp3) is 0.737. The normalized spacial score (nSPS) is 18.0. The van der Waals surface area contributed by atoms with Gasteiger partial charge < -0.3 is 24.5 Å². The van der Waals surface area contributed by atoms with Crippen molar-refractivity contribution in [2.45, 2.75) is 33.1 Å². The Labute approximate surface area is 151 Å². The number of nitrogens with one attached hydrogen (secondary N) is 2. The van der Waals surface area contributed by atoms with Gasteiger partial charge in [0.1, 0.15) is 5.76 Å². The highest BCUT2D eigenvalue weighted by Gasteiger charge is 2.15.